The lowest BCUT2D eigenvalue weighted by Gasteiger charge is -2.38. The maximum atomic E-state index is 15.4. The highest BCUT2D eigenvalue weighted by Gasteiger charge is 2.31. The molecule has 2 fully saturated rings. The molecule has 2 saturated carbocycles. The van der Waals surface area contributed by atoms with Gasteiger partial charge in [0, 0.05) is 11.1 Å². The van der Waals surface area contributed by atoms with E-state index in [1.165, 1.54) is 51.4 Å². The topological polar surface area (TPSA) is 0 Å². The zero-order chi connectivity index (χ0) is 30.2. The van der Waals surface area contributed by atoms with Crippen molar-refractivity contribution < 1.29 is 13.2 Å². The highest BCUT2D eigenvalue weighted by molar-refractivity contribution is 5.71. The minimum atomic E-state index is -0.806. The second-order valence-electron chi connectivity index (χ2n) is 13.2. The summed E-state index contributed by atoms with van der Waals surface area (Å²) in [6.07, 6.45) is 20.9. The van der Waals surface area contributed by atoms with Crippen LogP contribution in [0.2, 0.25) is 0 Å². The van der Waals surface area contributed by atoms with Gasteiger partial charge >= 0.3 is 0 Å². The van der Waals surface area contributed by atoms with E-state index in [2.05, 4.69) is 32.1 Å². The van der Waals surface area contributed by atoms with Crippen LogP contribution in [0.3, 0.4) is 0 Å². The van der Waals surface area contributed by atoms with E-state index in [4.69, 9.17) is 0 Å². The molecule has 0 bridgehead atoms. The van der Waals surface area contributed by atoms with Crippen molar-refractivity contribution >= 4 is 0 Å². The van der Waals surface area contributed by atoms with Crippen molar-refractivity contribution in [1.82, 2.24) is 0 Å². The van der Waals surface area contributed by atoms with E-state index < -0.39 is 11.6 Å². The maximum absolute atomic E-state index is 15.4. The molecular formula is C40H49F3. The summed E-state index contributed by atoms with van der Waals surface area (Å²) in [5, 5.41) is 0. The fourth-order valence-corrected chi connectivity index (χ4v) is 7.79. The van der Waals surface area contributed by atoms with Gasteiger partial charge in [0.25, 0.3) is 0 Å². The van der Waals surface area contributed by atoms with Crippen LogP contribution in [0, 0.1) is 35.2 Å². The van der Waals surface area contributed by atoms with E-state index in [1.807, 2.05) is 6.07 Å². The Bertz CT molecular complexity index is 1340. The third-order valence-corrected chi connectivity index (χ3v) is 10.5. The molecule has 0 N–H and O–H groups in total. The van der Waals surface area contributed by atoms with E-state index in [1.54, 1.807) is 42.5 Å². The van der Waals surface area contributed by atoms with Crippen molar-refractivity contribution in [3.63, 3.8) is 0 Å². The molecule has 0 amide bonds. The highest BCUT2D eigenvalue weighted by atomic mass is 19.2. The van der Waals surface area contributed by atoms with Crippen molar-refractivity contribution in [3.8, 4) is 22.3 Å². The Morgan fingerprint density at radius 1 is 0.698 bits per heavy atom. The molecule has 0 heterocycles. The van der Waals surface area contributed by atoms with Gasteiger partial charge in [-0.25, -0.2) is 13.2 Å². The SMILES string of the molecule is CC=CCCC1CCC(C2CCC(c3ccc(-c4ccc(-c5ccc(CCCCC)c(F)c5F)cc4)c(F)c3)CC2)CC1. The van der Waals surface area contributed by atoms with Crippen LogP contribution < -0.4 is 0 Å². The van der Waals surface area contributed by atoms with Gasteiger partial charge in [-0.3, -0.25) is 0 Å². The monoisotopic (exact) mass is 586 g/mol. The van der Waals surface area contributed by atoms with Crippen LogP contribution in [0.15, 0.2) is 66.7 Å². The average Bonchev–Trinajstić information content (AvgIpc) is 3.04. The number of hydrogen-bond acceptors (Lipinski definition) is 0. The van der Waals surface area contributed by atoms with Crippen molar-refractivity contribution in [1.29, 1.82) is 0 Å². The second-order valence-corrected chi connectivity index (χ2v) is 13.2. The molecule has 0 unspecified atom stereocenters. The summed E-state index contributed by atoms with van der Waals surface area (Å²) in [6.45, 7) is 4.20. The summed E-state index contributed by atoms with van der Waals surface area (Å²) in [5.41, 5.74) is 3.67. The molecule has 2 aliphatic carbocycles. The largest absolute Gasteiger partial charge is 0.206 e. The van der Waals surface area contributed by atoms with Crippen LogP contribution in [0.1, 0.15) is 114 Å². The van der Waals surface area contributed by atoms with E-state index in [9.17, 15) is 8.78 Å². The number of unbranched alkanes of at least 4 members (excludes halogenated alkanes) is 2. The number of benzene rings is 3. The summed E-state index contributed by atoms with van der Waals surface area (Å²) >= 11 is 0. The number of allylic oxidation sites excluding steroid dienone is 2. The van der Waals surface area contributed by atoms with E-state index in [0.29, 0.717) is 29.0 Å². The quantitative estimate of drug-likeness (QED) is 0.155. The average molecular weight is 587 g/mol. The Labute approximate surface area is 257 Å². The Hall–Kier alpha value is -2.81. The normalized spacial score (nSPS) is 22.7. The molecule has 0 radical (unpaired) electrons. The van der Waals surface area contributed by atoms with Crippen molar-refractivity contribution in [3.05, 3.63) is 95.3 Å². The van der Waals surface area contributed by atoms with E-state index in [-0.39, 0.29) is 11.4 Å². The lowest BCUT2D eigenvalue weighted by Crippen LogP contribution is -2.25. The molecule has 0 spiro atoms. The molecule has 3 heteroatoms. The van der Waals surface area contributed by atoms with Gasteiger partial charge in [0.05, 0.1) is 0 Å². The third kappa shape index (κ3) is 7.83. The van der Waals surface area contributed by atoms with Gasteiger partial charge in [0.2, 0.25) is 0 Å². The standard InChI is InChI=1S/C40H49F3/c1-3-5-7-9-28-11-13-29(14-12-28)30-15-17-31(18-16-30)35-24-25-36(38(41)27-35)32-19-21-33(22-20-32)37-26-23-34(10-8-6-4-2)39(42)40(37)43/h3,5,19-31H,4,6-18H2,1-2H3. The highest BCUT2D eigenvalue weighted by Crippen LogP contribution is 2.45. The number of aryl methyl sites for hydroxylation is 1. The van der Waals surface area contributed by atoms with Gasteiger partial charge in [0.15, 0.2) is 11.6 Å². The van der Waals surface area contributed by atoms with Crippen molar-refractivity contribution in [2.75, 3.05) is 0 Å². The number of hydrogen-bond donors (Lipinski definition) is 0. The second kappa shape index (κ2) is 15.3. The first kappa shape index (κ1) is 31.6. The van der Waals surface area contributed by atoms with E-state index in [0.717, 1.165) is 61.0 Å². The smallest absolute Gasteiger partial charge is 0.166 e. The van der Waals surface area contributed by atoms with Gasteiger partial charge in [-0.05, 0) is 123 Å². The minimum Gasteiger partial charge on any atom is -0.206 e. The fourth-order valence-electron chi connectivity index (χ4n) is 7.79. The predicted molar refractivity (Wildman–Crippen MR) is 175 cm³/mol. The molecule has 2 aliphatic rings. The van der Waals surface area contributed by atoms with Gasteiger partial charge in [0.1, 0.15) is 5.82 Å². The first-order chi connectivity index (χ1) is 21.0. The first-order valence-electron chi connectivity index (χ1n) is 17.0. The summed E-state index contributed by atoms with van der Waals surface area (Å²) in [5.74, 6) is 1.30. The first-order valence-corrected chi connectivity index (χ1v) is 17.0. The molecule has 0 atom stereocenters. The summed E-state index contributed by atoms with van der Waals surface area (Å²) in [7, 11) is 0. The molecule has 0 saturated heterocycles. The van der Waals surface area contributed by atoms with Crippen molar-refractivity contribution in [2.24, 2.45) is 17.8 Å². The van der Waals surface area contributed by atoms with Gasteiger partial charge < -0.3 is 0 Å². The van der Waals surface area contributed by atoms with E-state index >= 15 is 4.39 Å². The van der Waals surface area contributed by atoms with Crippen LogP contribution in [0.5, 0.6) is 0 Å². The Kier molecular flexibility index (Phi) is 11.2. The van der Waals surface area contributed by atoms with Gasteiger partial charge in [-0.2, -0.15) is 0 Å². The van der Waals surface area contributed by atoms with Gasteiger partial charge in [-0.1, -0.05) is 93.3 Å². The number of rotatable bonds is 11. The zero-order valence-corrected chi connectivity index (χ0v) is 26.2. The van der Waals surface area contributed by atoms with Crippen LogP contribution in [-0.4, -0.2) is 0 Å². The van der Waals surface area contributed by atoms with Crippen LogP contribution in [0.4, 0.5) is 13.2 Å². The van der Waals surface area contributed by atoms with Crippen LogP contribution in [-0.2, 0) is 6.42 Å². The van der Waals surface area contributed by atoms with Crippen molar-refractivity contribution in [2.45, 2.75) is 110 Å². The molecule has 230 valence electrons. The molecule has 0 aromatic heterocycles. The molecule has 5 rings (SSSR count). The Morgan fingerprint density at radius 2 is 1.33 bits per heavy atom. The molecule has 0 aliphatic heterocycles. The molecular weight excluding hydrogens is 537 g/mol. The summed E-state index contributed by atoms with van der Waals surface area (Å²) < 4.78 is 45.0. The lowest BCUT2D eigenvalue weighted by molar-refractivity contribution is 0.157. The fraction of sp³-hybridized carbons (Fsp3) is 0.500. The van der Waals surface area contributed by atoms with Crippen LogP contribution >= 0.6 is 0 Å². The van der Waals surface area contributed by atoms with Crippen LogP contribution in [0.25, 0.3) is 22.3 Å². The molecule has 43 heavy (non-hydrogen) atoms. The molecule has 3 aromatic rings. The Balaban J connectivity index is 1.17. The summed E-state index contributed by atoms with van der Waals surface area (Å²) in [4.78, 5) is 0. The lowest BCUT2D eigenvalue weighted by atomic mass is 9.68. The summed E-state index contributed by atoms with van der Waals surface area (Å²) in [6, 6.07) is 16.2. The number of halogens is 3. The minimum absolute atomic E-state index is 0.211. The Morgan fingerprint density at radius 3 is 1.95 bits per heavy atom. The third-order valence-electron chi connectivity index (χ3n) is 10.5. The molecule has 3 aromatic carbocycles. The maximum Gasteiger partial charge on any atom is 0.166 e. The molecule has 0 nitrogen and oxygen atoms in total. The predicted octanol–water partition coefficient (Wildman–Crippen LogP) is 12.6. The zero-order valence-electron chi connectivity index (χ0n) is 26.2. The van der Waals surface area contributed by atoms with Gasteiger partial charge in [-0.15, -0.1) is 0 Å².